The maximum Gasteiger partial charge on any atom is 0.163 e. The fraction of sp³-hybridized carbons (Fsp3) is 0.208. The summed E-state index contributed by atoms with van der Waals surface area (Å²) in [6.07, 6.45) is 3.39. The number of ketones is 1. The molecule has 0 saturated heterocycles. The number of carbonyl (C=O) groups is 1. The first kappa shape index (κ1) is 40.4. The highest BCUT2D eigenvalue weighted by Gasteiger charge is 2.27. The average Bonchev–Trinajstić information content (AvgIpc) is 3.21. The van der Waals surface area contributed by atoms with Crippen molar-refractivity contribution in [2.75, 3.05) is 0 Å². The van der Waals surface area contributed by atoms with Crippen molar-refractivity contribution in [1.82, 2.24) is 0 Å². The van der Waals surface area contributed by atoms with Crippen molar-refractivity contribution in [2.24, 2.45) is 10.7 Å². The van der Waals surface area contributed by atoms with E-state index in [1.165, 1.54) is 33.5 Å². The van der Waals surface area contributed by atoms with Gasteiger partial charge in [0.1, 0.15) is 0 Å². The maximum absolute atomic E-state index is 11.9. The Balaban J connectivity index is 0.000000159. The van der Waals surface area contributed by atoms with E-state index in [2.05, 4.69) is 61.5 Å². The van der Waals surface area contributed by atoms with E-state index in [0.717, 1.165) is 36.0 Å². The number of halogens is 4. The van der Waals surface area contributed by atoms with Crippen LogP contribution < -0.4 is 5.73 Å². The van der Waals surface area contributed by atoms with Gasteiger partial charge in [0, 0.05) is 35.6 Å². The van der Waals surface area contributed by atoms with Gasteiger partial charge in [-0.25, -0.2) is 0 Å². The number of aliphatic imine (C=N–C) groups is 1. The van der Waals surface area contributed by atoms with Gasteiger partial charge in [-0.3, -0.25) is 9.79 Å². The van der Waals surface area contributed by atoms with Crippen LogP contribution in [-0.4, -0.2) is 11.5 Å². The van der Waals surface area contributed by atoms with Crippen LogP contribution in [0.15, 0.2) is 151 Å². The second-order valence-electron chi connectivity index (χ2n) is 14.0. The first-order valence-corrected chi connectivity index (χ1v) is 20.1. The standard InChI is InChI=1S/C24H21Cl2N.C16H12Cl2O.C8H11N/c1-16(17-7-3-2-4-8-17)27-24-14-12-19(20-9-5-6-10-21(20)24)18-11-13-22(25)23(26)15-18;17-14-7-5-10(9-15(14)18)11-6-8-16(19)13-4-2-1-3-12(11)13;1-7(9)8-5-3-2-4-6-8/h2-11,13,15-16,19H,12,14H2,1H3;1-5,7,9,11H,6,8H2;2-7H,9H2,1H3/t16-,19+;11-;7-/m101/s1. The lowest BCUT2D eigenvalue weighted by Crippen LogP contribution is -2.18. The minimum absolute atomic E-state index is 0.149. The van der Waals surface area contributed by atoms with Crippen LogP contribution in [0.4, 0.5) is 0 Å². The maximum atomic E-state index is 11.9. The first-order valence-electron chi connectivity index (χ1n) is 18.6. The fourth-order valence-electron chi connectivity index (χ4n) is 7.34. The predicted molar refractivity (Wildman–Crippen MR) is 233 cm³/mol. The van der Waals surface area contributed by atoms with Gasteiger partial charge in [-0.2, -0.15) is 0 Å². The third-order valence-electron chi connectivity index (χ3n) is 10.3. The molecule has 55 heavy (non-hydrogen) atoms. The quantitative estimate of drug-likeness (QED) is 0.189. The molecule has 2 aliphatic carbocycles. The highest BCUT2D eigenvalue weighted by Crippen LogP contribution is 2.40. The summed E-state index contributed by atoms with van der Waals surface area (Å²) in [4.78, 5) is 17.0. The number of fused-ring (bicyclic) bond motifs is 2. The van der Waals surface area contributed by atoms with E-state index in [9.17, 15) is 4.79 Å². The number of benzene rings is 6. The van der Waals surface area contributed by atoms with Crippen molar-refractivity contribution >= 4 is 57.9 Å². The monoisotopic (exact) mass is 804 g/mol. The Bertz CT molecular complexity index is 2250. The van der Waals surface area contributed by atoms with Crippen LogP contribution in [0.3, 0.4) is 0 Å². The minimum Gasteiger partial charge on any atom is -0.324 e. The molecule has 0 spiro atoms. The lowest BCUT2D eigenvalue weighted by molar-refractivity contribution is 0.0969. The largest absolute Gasteiger partial charge is 0.324 e. The Morgan fingerprint density at radius 1 is 0.545 bits per heavy atom. The number of nitrogens with zero attached hydrogens (tertiary/aromatic N) is 1. The number of Topliss-reactive ketones (excluding diaryl/α,β-unsaturated/α-hetero) is 1. The summed E-state index contributed by atoms with van der Waals surface area (Å²) in [5.41, 5.74) is 16.1. The van der Waals surface area contributed by atoms with Crippen molar-refractivity contribution in [3.05, 3.63) is 210 Å². The van der Waals surface area contributed by atoms with Gasteiger partial charge in [0.2, 0.25) is 0 Å². The van der Waals surface area contributed by atoms with Crippen LogP contribution in [0.2, 0.25) is 20.1 Å². The van der Waals surface area contributed by atoms with Crippen molar-refractivity contribution in [3.63, 3.8) is 0 Å². The Labute approximate surface area is 345 Å². The molecule has 2 N–H and O–H groups in total. The topological polar surface area (TPSA) is 55.4 Å². The van der Waals surface area contributed by atoms with Gasteiger partial charge in [-0.05, 0) is 96.3 Å². The van der Waals surface area contributed by atoms with Crippen LogP contribution >= 0.6 is 46.4 Å². The normalized spacial score (nSPS) is 17.7. The Hall–Kier alpha value is -4.22. The molecule has 4 atom stereocenters. The van der Waals surface area contributed by atoms with Gasteiger partial charge >= 0.3 is 0 Å². The molecule has 0 aromatic heterocycles. The van der Waals surface area contributed by atoms with Crippen LogP contribution in [0.1, 0.15) is 113 Å². The molecule has 0 unspecified atom stereocenters. The number of rotatable bonds is 5. The van der Waals surface area contributed by atoms with Crippen LogP contribution in [-0.2, 0) is 0 Å². The van der Waals surface area contributed by atoms with Gasteiger partial charge in [0.25, 0.3) is 0 Å². The first-order chi connectivity index (χ1) is 26.6. The third kappa shape index (κ3) is 10.2. The number of carbonyl (C=O) groups excluding carboxylic acids is 1. The molecule has 6 aromatic rings. The molecule has 0 radical (unpaired) electrons. The molecule has 0 fully saturated rings. The zero-order valence-electron chi connectivity index (χ0n) is 30.9. The SMILES string of the molecule is C[C@@H](N)c1ccccc1.C[C@@H](N=C1CC[C@@H](c2ccc(Cl)c(Cl)c2)c2ccccc21)c1ccccc1.O=C1CC[C@@H](c2ccc(Cl)c(Cl)c2)c2ccccc21. The molecule has 280 valence electrons. The second kappa shape index (κ2) is 19.1. The molecule has 0 bridgehead atoms. The van der Waals surface area contributed by atoms with Crippen molar-refractivity contribution in [3.8, 4) is 0 Å². The molecular formula is C48H44Cl4N2O. The number of hydrogen-bond donors (Lipinski definition) is 1. The van der Waals surface area contributed by atoms with E-state index < -0.39 is 0 Å². The number of hydrogen-bond acceptors (Lipinski definition) is 3. The molecule has 0 amide bonds. The van der Waals surface area contributed by atoms with E-state index in [0.29, 0.717) is 32.4 Å². The lowest BCUT2D eigenvalue weighted by Gasteiger charge is -2.28. The summed E-state index contributed by atoms with van der Waals surface area (Å²) in [6, 6.07) is 48.9. The van der Waals surface area contributed by atoms with Gasteiger partial charge in [0.05, 0.1) is 26.1 Å². The van der Waals surface area contributed by atoms with Crippen LogP contribution in [0, 0.1) is 0 Å². The summed E-state index contributed by atoms with van der Waals surface area (Å²) in [6.45, 7) is 4.14. The summed E-state index contributed by atoms with van der Waals surface area (Å²) < 4.78 is 0. The zero-order valence-corrected chi connectivity index (χ0v) is 34.0. The van der Waals surface area contributed by atoms with Gasteiger partial charge in [-0.15, -0.1) is 0 Å². The Morgan fingerprint density at radius 3 is 1.51 bits per heavy atom. The predicted octanol–water partition coefficient (Wildman–Crippen LogP) is 14.3. The fourth-order valence-corrected chi connectivity index (χ4v) is 7.95. The van der Waals surface area contributed by atoms with Gasteiger partial charge < -0.3 is 5.73 Å². The molecular weight excluding hydrogens is 762 g/mol. The molecule has 0 saturated carbocycles. The van der Waals surface area contributed by atoms with Crippen molar-refractivity contribution in [2.45, 2.75) is 63.5 Å². The van der Waals surface area contributed by atoms with Crippen molar-refractivity contribution in [1.29, 1.82) is 0 Å². The molecule has 0 aliphatic heterocycles. The zero-order chi connectivity index (χ0) is 38.9. The molecule has 8 rings (SSSR count). The Kier molecular flexibility index (Phi) is 14.0. The van der Waals surface area contributed by atoms with Crippen LogP contribution in [0.25, 0.3) is 0 Å². The molecule has 3 nitrogen and oxygen atoms in total. The molecule has 6 aromatic carbocycles. The minimum atomic E-state index is 0.149. The average molecular weight is 807 g/mol. The van der Waals surface area contributed by atoms with E-state index in [4.69, 9.17) is 57.1 Å². The van der Waals surface area contributed by atoms with E-state index in [-0.39, 0.29) is 23.8 Å². The summed E-state index contributed by atoms with van der Waals surface area (Å²) in [7, 11) is 0. The molecule has 0 heterocycles. The summed E-state index contributed by atoms with van der Waals surface area (Å²) in [5.74, 6) is 0.775. The Morgan fingerprint density at radius 2 is 1.00 bits per heavy atom. The van der Waals surface area contributed by atoms with Crippen LogP contribution in [0.5, 0.6) is 0 Å². The highest BCUT2D eigenvalue weighted by atomic mass is 35.5. The lowest BCUT2D eigenvalue weighted by atomic mass is 9.78. The summed E-state index contributed by atoms with van der Waals surface area (Å²) in [5, 5.41) is 2.34. The van der Waals surface area contributed by atoms with Gasteiger partial charge in [0.15, 0.2) is 5.78 Å². The van der Waals surface area contributed by atoms with E-state index in [1.54, 1.807) is 0 Å². The third-order valence-corrected chi connectivity index (χ3v) is 11.7. The molecule has 2 aliphatic rings. The van der Waals surface area contributed by atoms with E-state index in [1.807, 2.05) is 97.9 Å². The second-order valence-corrected chi connectivity index (χ2v) is 15.6. The molecule has 7 heteroatoms. The smallest absolute Gasteiger partial charge is 0.163 e. The van der Waals surface area contributed by atoms with E-state index >= 15 is 0 Å². The van der Waals surface area contributed by atoms with Crippen molar-refractivity contribution < 1.29 is 4.79 Å². The highest BCUT2D eigenvalue weighted by molar-refractivity contribution is 6.42. The van der Waals surface area contributed by atoms with Gasteiger partial charge in [-0.1, -0.05) is 168 Å². The summed E-state index contributed by atoms with van der Waals surface area (Å²) >= 11 is 24.4. The number of nitrogens with two attached hydrogens (primary N) is 1.